The van der Waals surface area contributed by atoms with Crippen molar-refractivity contribution in [2.75, 3.05) is 13.2 Å². The molecule has 0 saturated heterocycles. The smallest absolute Gasteiger partial charge is 0.244 e. The number of sulfonamides is 1. The lowest BCUT2D eigenvalue weighted by atomic mass is 10.1. The van der Waals surface area contributed by atoms with Crippen LogP contribution in [0.25, 0.3) is 10.9 Å². The van der Waals surface area contributed by atoms with E-state index in [-0.39, 0.29) is 23.0 Å². The van der Waals surface area contributed by atoms with Crippen LogP contribution in [-0.4, -0.2) is 30.9 Å². The Morgan fingerprint density at radius 2 is 1.76 bits per heavy atom. The molecular formula is C25H24Cl2N2O3S. The molecule has 0 unspecified atom stereocenters. The monoisotopic (exact) mass is 502 g/mol. The maximum Gasteiger partial charge on any atom is 0.244 e. The first-order valence-electron chi connectivity index (χ1n) is 10.6. The summed E-state index contributed by atoms with van der Waals surface area (Å²) in [7, 11) is -3.90. The zero-order chi connectivity index (χ0) is 23.4. The lowest BCUT2D eigenvalue weighted by Gasteiger charge is -2.23. The highest BCUT2D eigenvalue weighted by molar-refractivity contribution is 7.89. The van der Waals surface area contributed by atoms with Crippen molar-refractivity contribution < 1.29 is 13.2 Å². The highest BCUT2D eigenvalue weighted by Crippen LogP contribution is 2.29. The van der Waals surface area contributed by atoms with Crippen molar-refractivity contribution >= 4 is 44.1 Å². The summed E-state index contributed by atoms with van der Waals surface area (Å²) in [5.74, 6) is 0.743. The molecule has 4 rings (SSSR count). The van der Waals surface area contributed by atoms with Gasteiger partial charge in [0.15, 0.2) is 0 Å². The molecule has 1 aromatic heterocycles. The standard InChI is InChI=1S/C25H24Cl2N2O3S/c1-2-32-21-10-7-18(8-11-21)17-29(33(30,31)25-15-20(26)9-12-23(25)27)14-13-19-16-28-24-6-4-3-5-22(19)24/h3-12,15-16,28H,2,13-14,17H2,1H3. The molecule has 0 saturated carbocycles. The topological polar surface area (TPSA) is 62.4 Å². The van der Waals surface area contributed by atoms with Crippen molar-refractivity contribution in [3.05, 3.63) is 94.1 Å². The summed E-state index contributed by atoms with van der Waals surface area (Å²) in [5.41, 5.74) is 2.92. The average molecular weight is 503 g/mol. The minimum absolute atomic E-state index is 0.00142. The fourth-order valence-electron chi connectivity index (χ4n) is 3.74. The van der Waals surface area contributed by atoms with Gasteiger partial charge in [-0.25, -0.2) is 8.42 Å². The molecule has 1 heterocycles. The number of aromatic nitrogens is 1. The molecule has 0 aliphatic carbocycles. The number of benzene rings is 3. The molecule has 4 aromatic rings. The van der Waals surface area contributed by atoms with Gasteiger partial charge >= 0.3 is 0 Å². The second-order valence-electron chi connectivity index (χ2n) is 7.60. The van der Waals surface area contributed by atoms with Crippen LogP contribution in [0.3, 0.4) is 0 Å². The lowest BCUT2D eigenvalue weighted by Crippen LogP contribution is -2.32. The number of aromatic amines is 1. The van der Waals surface area contributed by atoms with Crippen LogP contribution < -0.4 is 4.74 Å². The maximum absolute atomic E-state index is 13.7. The van der Waals surface area contributed by atoms with Crippen LogP contribution >= 0.6 is 23.2 Å². The first-order chi connectivity index (χ1) is 15.9. The van der Waals surface area contributed by atoms with Gasteiger partial charge in [0.05, 0.1) is 11.6 Å². The summed E-state index contributed by atoms with van der Waals surface area (Å²) in [4.78, 5) is 3.25. The Bertz CT molecular complexity index is 1350. The van der Waals surface area contributed by atoms with E-state index in [2.05, 4.69) is 4.98 Å². The summed E-state index contributed by atoms with van der Waals surface area (Å²) in [6.45, 7) is 2.96. The number of para-hydroxylation sites is 1. The van der Waals surface area contributed by atoms with Gasteiger partial charge < -0.3 is 9.72 Å². The fourth-order valence-corrected chi connectivity index (χ4v) is 5.91. The van der Waals surface area contributed by atoms with E-state index >= 15 is 0 Å². The molecule has 0 amide bonds. The Hall–Kier alpha value is -2.51. The van der Waals surface area contributed by atoms with Gasteiger partial charge in [0.25, 0.3) is 0 Å². The minimum Gasteiger partial charge on any atom is -0.494 e. The lowest BCUT2D eigenvalue weighted by molar-refractivity contribution is 0.340. The van der Waals surface area contributed by atoms with E-state index in [4.69, 9.17) is 27.9 Å². The maximum atomic E-state index is 13.7. The molecule has 0 spiro atoms. The quantitative estimate of drug-likeness (QED) is 0.291. The third kappa shape index (κ3) is 5.36. The number of nitrogens with zero attached hydrogens (tertiary/aromatic N) is 1. The predicted molar refractivity (Wildman–Crippen MR) is 134 cm³/mol. The highest BCUT2D eigenvalue weighted by atomic mass is 35.5. The van der Waals surface area contributed by atoms with Crippen LogP contribution in [0, 0.1) is 0 Å². The number of H-pyrrole nitrogens is 1. The molecule has 0 atom stereocenters. The number of halogens is 2. The van der Waals surface area contributed by atoms with Gasteiger partial charge in [0, 0.05) is 35.2 Å². The third-order valence-electron chi connectivity index (χ3n) is 5.41. The number of ether oxygens (including phenoxy) is 1. The van der Waals surface area contributed by atoms with Gasteiger partial charge in [0.2, 0.25) is 10.0 Å². The Labute approximate surface area is 204 Å². The molecule has 172 valence electrons. The number of fused-ring (bicyclic) bond motifs is 1. The molecule has 0 aliphatic heterocycles. The molecular weight excluding hydrogens is 479 g/mol. The molecule has 0 fully saturated rings. The van der Waals surface area contributed by atoms with Gasteiger partial charge in [-0.3, -0.25) is 0 Å². The van der Waals surface area contributed by atoms with Crippen LogP contribution in [-0.2, 0) is 23.0 Å². The van der Waals surface area contributed by atoms with Gasteiger partial charge in [-0.15, -0.1) is 0 Å². The van der Waals surface area contributed by atoms with Crippen LogP contribution in [0.4, 0.5) is 0 Å². The molecule has 0 bridgehead atoms. The van der Waals surface area contributed by atoms with E-state index in [1.807, 2.05) is 61.7 Å². The Morgan fingerprint density at radius 3 is 2.52 bits per heavy atom. The van der Waals surface area contributed by atoms with Gasteiger partial charge in [0.1, 0.15) is 10.6 Å². The Morgan fingerprint density at radius 1 is 1.00 bits per heavy atom. The Balaban J connectivity index is 1.65. The molecule has 0 radical (unpaired) electrons. The second kappa shape index (κ2) is 10.2. The van der Waals surface area contributed by atoms with Crippen molar-refractivity contribution in [1.82, 2.24) is 9.29 Å². The van der Waals surface area contributed by atoms with Crippen LogP contribution in [0.2, 0.25) is 10.0 Å². The molecule has 3 aromatic carbocycles. The van der Waals surface area contributed by atoms with E-state index < -0.39 is 10.0 Å². The average Bonchev–Trinajstić information content (AvgIpc) is 3.22. The molecule has 5 nitrogen and oxygen atoms in total. The second-order valence-corrected chi connectivity index (χ2v) is 10.3. The predicted octanol–water partition coefficient (Wildman–Crippen LogP) is 6.31. The van der Waals surface area contributed by atoms with E-state index in [0.29, 0.717) is 18.1 Å². The first kappa shape index (κ1) is 23.6. The van der Waals surface area contributed by atoms with Gasteiger partial charge in [-0.05, 0) is 60.9 Å². The SMILES string of the molecule is CCOc1ccc(CN(CCc2c[nH]c3ccccc23)S(=O)(=O)c2cc(Cl)ccc2Cl)cc1. The van der Waals surface area contributed by atoms with E-state index in [1.54, 1.807) is 6.07 Å². The Kier molecular flexibility index (Phi) is 7.29. The van der Waals surface area contributed by atoms with Crippen molar-refractivity contribution in [3.8, 4) is 5.75 Å². The number of nitrogens with one attached hydrogen (secondary N) is 1. The molecule has 1 N–H and O–H groups in total. The van der Waals surface area contributed by atoms with Gasteiger partial charge in [-0.2, -0.15) is 4.31 Å². The van der Waals surface area contributed by atoms with E-state index in [1.165, 1.54) is 16.4 Å². The van der Waals surface area contributed by atoms with E-state index in [0.717, 1.165) is 27.8 Å². The third-order valence-corrected chi connectivity index (χ3v) is 7.97. The molecule has 8 heteroatoms. The number of hydrogen-bond donors (Lipinski definition) is 1. The minimum atomic E-state index is -3.90. The molecule has 33 heavy (non-hydrogen) atoms. The van der Waals surface area contributed by atoms with Crippen LogP contribution in [0.5, 0.6) is 5.75 Å². The zero-order valence-electron chi connectivity index (χ0n) is 18.1. The summed E-state index contributed by atoms with van der Waals surface area (Å²) < 4.78 is 34.3. The van der Waals surface area contributed by atoms with Crippen molar-refractivity contribution in [3.63, 3.8) is 0 Å². The highest BCUT2D eigenvalue weighted by Gasteiger charge is 2.27. The van der Waals surface area contributed by atoms with Crippen LogP contribution in [0.15, 0.2) is 77.8 Å². The zero-order valence-corrected chi connectivity index (χ0v) is 20.4. The van der Waals surface area contributed by atoms with Crippen molar-refractivity contribution in [2.45, 2.75) is 24.8 Å². The normalized spacial score (nSPS) is 11.9. The van der Waals surface area contributed by atoms with Crippen LogP contribution in [0.1, 0.15) is 18.1 Å². The van der Waals surface area contributed by atoms with Gasteiger partial charge in [-0.1, -0.05) is 53.5 Å². The van der Waals surface area contributed by atoms with E-state index in [9.17, 15) is 8.42 Å². The fraction of sp³-hybridized carbons (Fsp3) is 0.200. The summed E-state index contributed by atoms with van der Waals surface area (Å²) in [5, 5.41) is 1.54. The van der Waals surface area contributed by atoms with Crippen molar-refractivity contribution in [1.29, 1.82) is 0 Å². The summed E-state index contributed by atoms with van der Waals surface area (Å²) >= 11 is 12.4. The van der Waals surface area contributed by atoms with Crippen molar-refractivity contribution in [2.24, 2.45) is 0 Å². The summed E-state index contributed by atoms with van der Waals surface area (Å²) in [6.07, 6.45) is 2.47. The number of hydrogen-bond acceptors (Lipinski definition) is 3. The first-order valence-corrected chi connectivity index (χ1v) is 12.8. The largest absolute Gasteiger partial charge is 0.494 e. The number of rotatable bonds is 9. The molecule has 0 aliphatic rings. The summed E-state index contributed by atoms with van der Waals surface area (Å²) in [6, 6.07) is 19.9.